The molecule has 0 aromatic rings. The molecule has 3 rings (SSSR count). The van der Waals surface area contributed by atoms with Gasteiger partial charge in [-0.25, -0.2) is 13.2 Å². The summed E-state index contributed by atoms with van der Waals surface area (Å²) >= 11 is 0. The standard InChI is InChI=1S/C27H44O19S2/c1-13(8-27(5,6)11-26(2,3)4)7-14-23(32)43-20-18(40-14)16(10-29)42-24(21(20)39-12-30)44-25-22(46-48(36,37)38)19(45-47(33,34)35)17(31)15(9-28)41-25/h7,12-13,15-22,24-25,28-29,31H,8-11H2,1-6H3,(H,33,34,35)(H,36,37,38)/b14-7-/t13-,15?,16?,17?,18?,19?,20?,21?,22?,24?,25?/m1/s1. The first-order valence-corrected chi connectivity index (χ1v) is 17.6. The maximum atomic E-state index is 13.1. The molecule has 278 valence electrons. The second-order valence-electron chi connectivity index (χ2n) is 13.8. The van der Waals surface area contributed by atoms with E-state index in [1.165, 1.54) is 0 Å². The average molecular weight is 737 g/mol. The van der Waals surface area contributed by atoms with E-state index in [0.717, 1.165) is 6.42 Å². The van der Waals surface area contributed by atoms with E-state index in [0.29, 0.717) is 6.42 Å². The maximum Gasteiger partial charge on any atom is 0.397 e. The van der Waals surface area contributed by atoms with Gasteiger partial charge in [0.25, 0.3) is 6.47 Å². The van der Waals surface area contributed by atoms with Gasteiger partial charge in [0, 0.05) is 0 Å². The van der Waals surface area contributed by atoms with Crippen LogP contribution < -0.4 is 0 Å². The summed E-state index contributed by atoms with van der Waals surface area (Å²) in [6.07, 6.45) is -15.8. The van der Waals surface area contributed by atoms with E-state index in [1.54, 1.807) is 6.08 Å². The van der Waals surface area contributed by atoms with E-state index in [2.05, 4.69) is 43.0 Å². The van der Waals surface area contributed by atoms with Crippen molar-refractivity contribution in [1.29, 1.82) is 0 Å². The zero-order valence-electron chi connectivity index (χ0n) is 27.1. The number of carbonyl (C=O) groups excluding carboxylic acids is 2. The van der Waals surface area contributed by atoms with Crippen LogP contribution in [0.3, 0.4) is 0 Å². The fraction of sp³-hybridized carbons (Fsp3) is 0.852. The molecular formula is C27H44O19S2. The summed E-state index contributed by atoms with van der Waals surface area (Å²) in [6.45, 7) is 10.5. The van der Waals surface area contributed by atoms with E-state index in [-0.39, 0.29) is 29.0 Å². The molecule has 5 N–H and O–H groups in total. The first-order valence-electron chi connectivity index (χ1n) is 14.8. The Labute approximate surface area is 278 Å². The van der Waals surface area contributed by atoms with Crippen LogP contribution in [0.25, 0.3) is 0 Å². The van der Waals surface area contributed by atoms with Crippen LogP contribution in [0, 0.1) is 16.7 Å². The molecule has 0 aromatic carbocycles. The summed E-state index contributed by atoms with van der Waals surface area (Å²) in [5, 5.41) is 30.3. The quantitative estimate of drug-likeness (QED) is 0.0644. The molecule has 0 bridgehead atoms. The first kappa shape index (κ1) is 40.4. The molecule has 0 aromatic heterocycles. The molecule has 0 saturated carbocycles. The lowest BCUT2D eigenvalue weighted by molar-refractivity contribution is -0.375. The largest absolute Gasteiger partial charge is 0.476 e. The smallest absolute Gasteiger partial charge is 0.397 e. The molecule has 0 amide bonds. The maximum absolute atomic E-state index is 13.1. The van der Waals surface area contributed by atoms with Crippen LogP contribution in [0.4, 0.5) is 0 Å². The molecule has 10 unspecified atom stereocenters. The third kappa shape index (κ3) is 11.0. The Morgan fingerprint density at radius 1 is 0.854 bits per heavy atom. The Morgan fingerprint density at radius 2 is 1.40 bits per heavy atom. The minimum atomic E-state index is -5.49. The molecular weight excluding hydrogens is 692 g/mol. The first-order chi connectivity index (χ1) is 22.0. The van der Waals surface area contributed by atoms with Gasteiger partial charge in [-0.05, 0) is 35.7 Å². The van der Waals surface area contributed by atoms with Crippen molar-refractivity contribution in [1.82, 2.24) is 0 Å². The molecule has 21 heteroatoms. The fourth-order valence-electron chi connectivity index (χ4n) is 6.58. The van der Waals surface area contributed by atoms with Crippen molar-refractivity contribution < 1.29 is 87.6 Å². The van der Waals surface area contributed by atoms with Crippen molar-refractivity contribution in [2.75, 3.05) is 13.2 Å². The van der Waals surface area contributed by atoms with Crippen LogP contribution in [0.5, 0.6) is 0 Å². The predicted octanol–water partition coefficient (Wildman–Crippen LogP) is -0.601. The number of fused-ring (bicyclic) bond motifs is 1. The van der Waals surface area contributed by atoms with Gasteiger partial charge >= 0.3 is 26.8 Å². The summed E-state index contributed by atoms with van der Waals surface area (Å²) in [5.74, 6) is -1.32. The van der Waals surface area contributed by atoms with Crippen LogP contribution in [0.1, 0.15) is 54.4 Å². The zero-order chi connectivity index (χ0) is 36.4. The van der Waals surface area contributed by atoms with Crippen molar-refractivity contribution in [3.05, 3.63) is 11.8 Å². The van der Waals surface area contributed by atoms with E-state index < -0.39 is 101 Å². The lowest BCUT2D eigenvalue weighted by Crippen LogP contribution is -2.67. The van der Waals surface area contributed by atoms with Crippen LogP contribution in [0.15, 0.2) is 11.8 Å². The zero-order valence-corrected chi connectivity index (χ0v) is 28.7. The van der Waals surface area contributed by atoms with E-state index in [9.17, 15) is 50.8 Å². The van der Waals surface area contributed by atoms with E-state index in [1.807, 2.05) is 6.92 Å². The average Bonchev–Trinajstić information content (AvgIpc) is 2.90. The summed E-state index contributed by atoms with van der Waals surface area (Å²) < 4.78 is 107. The second kappa shape index (κ2) is 15.5. The molecule has 48 heavy (non-hydrogen) atoms. The lowest BCUT2D eigenvalue weighted by atomic mass is 9.72. The van der Waals surface area contributed by atoms with Gasteiger partial charge in [0.2, 0.25) is 12.0 Å². The topological polar surface area (TPSA) is 277 Å². The van der Waals surface area contributed by atoms with Gasteiger partial charge in [0.15, 0.2) is 30.7 Å². The number of rotatable bonds is 14. The van der Waals surface area contributed by atoms with Crippen molar-refractivity contribution in [2.24, 2.45) is 16.7 Å². The molecule has 19 nitrogen and oxygen atoms in total. The Balaban J connectivity index is 1.91. The van der Waals surface area contributed by atoms with Gasteiger partial charge in [-0.3, -0.25) is 13.9 Å². The number of hydrogen-bond donors (Lipinski definition) is 5. The summed E-state index contributed by atoms with van der Waals surface area (Å²) in [7, 11) is -10.9. The summed E-state index contributed by atoms with van der Waals surface area (Å²) in [4.78, 5) is 24.7. The van der Waals surface area contributed by atoms with Crippen molar-refractivity contribution in [3.63, 3.8) is 0 Å². The number of aliphatic hydroxyl groups is 3. The minimum Gasteiger partial charge on any atom is -0.476 e. The summed E-state index contributed by atoms with van der Waals surface area (Å²) in [5.41, 5.74) is -0.0617. The highest BCUT2D eigenvalue weighted by Gasteiger charge is 2.58. The molecule has 11 atom stereocenters. The lowest BCUT2D eigenvalue weighted by Gasteiger charge is -2.48. The van der Waals surface area contributed by atoms with Gasteiger partial charge in [0.05, 0.1) is 13.2 Å². The molecule has 0 radical (unpaired) electrons. The highest BCUT2D eigenvalue weighted by atomic mass is 32.3. The molecule has 3 aliphatic heterocycles. The molecule has 0 spiro atoms. The third-order valence-corrected chi connectivity index (χ3v) is 8.47. The normalized spacial score (nSPS) is 34.9. The third-order valence-electron chi connectivity index (χ3n) is 7.54. The second-order valence-corrected chi connectivity index (χ2v) is 15.9. The van der Waals surface area contributed by atoms with Gasteiger partial charge in [-0.15, -0.1) is 0 Å². The number of allylic oxidation sites excluding steroid dienone is 1. The molecule has 0 aliphatic carbocycles. The van der Waals surface area contributed by atoms with E-state index in [4.69, 9.17) is 28.4 Å². The van der Waals surface area contributed by atoms with Crippen LogP contribution in [-0.4, -0.2) is 128 Å². The highest BCUT2D eigenvalue weighted by molar-refractivity contribution is 7.81. The number of ether oxygens (including phenoxy) is 6. The molecule has 3 heterocycles. The Morgan fingerprint density at radius 3 is 1.92 bits per heavy atom. The predicted molar refractivity (Wildman–Crippen MR) is 157 cm³/mol. The Hall–Kier alpha value is -2.02. The van der Waals surface area contributed by atoms with Crippen molar-refractivity contribution in [2.45, 2.75) is 116 Å². The van der Waals surface area contributed by atoms with Crippen LogP contribution in [-0.2, 0) is 67.2 Å². The van der Waals surface area contributed by atoms with Crippen molar-refractivity contribution in [3.8, 4) is 0 Å². The van der Waals surface area contributed by atoms with Crippen molar-refractivity contribution >= 4 is 33.2 Å². The highest BCUT2D eigenvalue weighted by Crippen LogP contribution is 2.40. The van der Waals surface area contributed by atoms with Crippen LogP contribution >= 0.6 is 0 Å². The SMILES string of the molecule is C[C@H](/C=C1\OC2C(CO)OC(OC3OC(CO)C(O)C(OS(=O)(=O)O)C3OS(=O)(=O)O)C(OC=O)C2OC1=O)CC(C)(C)CC(C)(C)C. The van der Waals surface area contributed by atoms with Gasteiger partial charge in [-0.1, -0.05) is 41.5 Å². The number of hydrogen-bond acceptors (Lipinski definition) is 17. The van der Waals surface area contributed by atoms with Gasteiger partial charge < -0.3 is 43.7 Å². The monoisotopic (exact) mass is 736 g/mol. The van der Waals surface area contributed by atoms with Gasteiger partial charge in [-0.2, -0.15) is 16.8 Å². The molecule has 3 saturated heterocycles. The van der Waals surface area contributed by atoms with Gasteiger partial charge in [0.1, 0.15) is 24.4 Å². The van der Waals surface area contributed by atoms with E-state index >= 15 is 0 Å². The number of aliphatic hydroxyl groups excluding tert-OH is 3. The Kier molecular flexibility index (Phi) is 13.0. The fourth-order valence-corrected chi connectivity index (χ4v) is 7.56. The molecule has 3 fully saturated rings. The van der Waals surface area contributed by atoms with Crippen LogP contribution in [0.2, 0.25) is 0 Å². The Bertz CT molecular complexity index is 1370. The minimum absolute atomic E-state index is 0.0499. The number of carbonyl (C=O) groups is 2. The summed E-state index contributed by atoms with van der Waals surface area (Å²) in [6, 6.07) is 0. The number of esters is 1. The molecule has 3 aliphatic rings.